The first-order valence-corrected chi connectivity index (χ1v) is 6.74. The quantitative estimate of drug-likeness (QED) is 0.798. The predicted molar refractivity (Wildman–Crippen MR) is 71.6 cm³/mol. The first-order chi connectivity index (χ1) is 7.25. The molecular formula is C14H30N2. The molecule has 0 spiro atoms. The van der Waals surface area contributed by atoms with E-state index in [1.54, 1.807) is 0 Å². The van der Waals surface area contributed by atoms with Gasteiger partial charge in [0, 0.05) is 11.6 Å². The van der Waals surface area contributed by atoms with E-state index < -0.39 is 0 Å². The Morgan fingerprint density at radius 1 is 1.25 bits per heavy atom. The lowest BCUT2D eigenvalue weighted by Gasteiger charge is -2.37. The zero-order chi connectivity index (χ0) is 12.4. The predicted octanol–water partition coefficient (Wildman–Crippen LogP) is 3.01. The fourth-order valence-corrected chi connectivity index (χ4v) is 2.58. The Morgan fingerprint density at radius 3 is 2.19 bits per heavy atom. The van der Waals surface area contributed by atoms with Gasteiger partial charge in [0.15, 0.2) is 0 Å². The first-order valence-electron chi connectivity index (χ1n) is 6.74. The van der Waals surface area contributed by atoms with Crippen LogP contribution in [0.4, 0.5) is 0 Å². The molecule has 1 rings (SSSR count). The molecule has 2 heteroatoms. The van der Waals surface area contributed by atoms with Crippen molar-refractivity contribution in [3.8, 4) is 0 Å². The zero-order valence-corrected chi connectivity index (χ0v) is 11.8. The van der Waals surface area contributed by atoms with Gasteiger partial charge in [-0.2, -0.15) is 0 Å². The maximum atomic E-state index is 6.39. The van der Waals surface area contributed by atoms with E-state index >= 15 is 0 Å². The van der Waals surface area contributed by atoms with Crippen molar-refractivity contribution in [1.29, 1.82) is 0 Å². The van der Waals surface area contributed by atoms with Crippen molar-refractivity contribution in [2.75, 3.05) is 13.6 Å². The Morgan fingerprint density at radius 2 is 1.75 bits per heavy atom. The standard InChI is InChI=1S/C14H30N2/c1-12(13(2,3)4)16(5)11-10-14(15)8-6-7-9-14/h12H,6-11,15H2,1-5H3. The summed E-state index contributed by atoms with van der Waals surface area (Å²) < 4.78 is 0. The molecule has 1 unspecified atom stereocenters. The van der Waals surface area contributed by atoms with Gasteiger partial charge in [-0.25, -0.2) is 0 Å². The third-order valence-electron chi connectivity index (χ3n) is 4.48. The molecule has 2 nitrogen and oxygen atoms in total. The second-order valence-electron chi connectivity index (χ2n) is 6.84. The highest BCUT2D eigenvalue weighted by molar-refractivity contribution is 4.90. The lowest BCUT2D eigenvalue weighted by molar-refractivity contribution is 0.130. The molecule has 1 aliphatic rings. The topological polar surface area (TPSA) is 29.3 Å². The lowest BCUT2D eigenvalue weighted by atomic mass is 9.86. The molecule has 0 saturated heterocycles. The second-order valence-corrected chi connectivity index (χ2v) is 6.84. The van der Waals surface area contributed by atoms with Crippen molar-refractivity contribution < 1.29 is 0 Å². The molecule has 0 radical (unpaired) electrons. The van der Waals surface area contributed by atoms with Crippen LogP contribution < -0.4 is 5.73 Å². The molecule has 1 saturated carbocycles. The largest absolute Gasteiger partial charge is 0.325 e. The highest BCUT2D eigenvalue weighted by Gasteiger charge is 2.30. The van der Waals surface area contributed by atoms with E-state index in [2.05, 4.69) is 39.6 Å². The number of nitrogens with two attached hydrogens (primary N) is 1. The van der Waals surface area contributed by atoms with Crippen LogP contribution in [0.15, 0.2) is 0 Å². The minimum atomic E-state index is 0.145. The Balaban J connectivity index is 2.37. The van der Waals surface area contributed by atoms with E-state index in [0.717, 1.165) is 13.0 Å². The summed E-state index contributed by atoms with van der Waals surface area (Å²) >= 11 is 0. The van der Waals surface area contributed by atoms with E-state index in [4.69, 9.17) is 5.73 Å². The fourth-order valence-electron chi connectivity index (χ4n) is 2.58. The van der Waals surface area contributed by atoms with Gasteiger partial charge in [-0.15, -0.1) is 0 Å². The van der Waals surface area contributed by atoms with Crippen LogP contribution in [0.1, 0.15) is 59.8 Å². The van der Waals surface area contributed by atoms with Crippen molar-refractivity contribution in [1.82, 2.24) is 4.90 Å². The SMILES string of the molecule is CC(N(C)CCC1(N)CCCC1)C(C)(C)C. The minimum absolute atomic E-state index is 0.145. The molecule has 0 bridgehead atoms. The molecule has 96 valence electrons. The molecule has 1 aliphatic carbocycles. The summed E-state index contributed by atoms with van der Waals surface area (Å²) in [4.78, 5) is 2.47. The van der Waals surface area contributed by atoms with Gasteiger partial charge in [-0.3, -0.25) is 0 Å². The number of nitrogens with zero attached hydrogens (tertiary/aromatic N) is 1. The fraction of sp³-hybridized carbons (Fsp3) is 1.00. The average molecular weight is 226 g/mol. The Hall–Kier alpha value is -0.0800. The van der Waals surface area contributed by atoms with Crippen molar-refractivity contribution in [3.05, 3.63) is 0 Å². The summed E-state index contributed by atoms with van der Waals surface area (Å²) in [6.07, 6.45) is 6.27. The molecule has 0 amide bonds. The first kappa shape index (κ1) is 14.0. The summed E-state index contributed by atoms with van der Waals surface area (Å²) in [6.45, 7) is 10.4. The summed E-state index contributed by atoms with van der Waals surface area (Å²) in [5, 5.41) is 0. The van der Waals surface area contributed by atoms with Gasteiger partial charge < -0.3 is 10.6 Å². The van der Waals surface area contributed by atoms with Crippen LogP contribution in [-0.2, 0) is 0 Å². The number of hydrogen-bond acceptors (Lipinski definition) is 2. The minimum Gasteiger partial charge on any atom is -0.325 e. The van der Waals surface area contributed by atoms with Crippen LogP contribution >= 0.6 is 0 Å². The summed E-state index contributed by atoms with van der Waals surface area (Å²) in [7, 11) is 2.23. The van der Waals surface area contributed by atoms with Crippen molar-refractivity contribution >= 4 is 0 Å². The van der Waals surface area contributed by atoms with E-state index in [9.17, 15) is 0 Å². The van der Waals surface area contributed by atoms with Crippen LogP contribution in [0.5, 0.6) is 0 Å². The maximum Gasteiger partial charge on any atom is 0.0166 e. The molecule has 0 aliphatic heterocycles. The molecule has 0 aromatic heterocycles. The molecular weight excluding hydrogens is 196 g/mol. The van der Waals surface area contributed by atoms with E-state index in [1.807, 2.05) is 0 Å². The normalized spacial score (nSPS) is 22.7. The maximum absolute atomic E-state index is 6.39. The van der Waals surface area contributed by atoms with E-state index in [1.165, 1.54) is 25.7 Å². The second kappa shape index (κ2) is 5.05. The van der Waals surface area contributed by atoms with Crippen LogP contribution in [0, 0.1) is 5.41 Å². The highest BCUT2D eigenvalue weighted by atomic mass is 15.1. The van der Waals surface area contributed by atoms with Crippen LogP contribution in [0.3, 0.4) is 0 Å². The van der Waals surface area contributed by atoms with E-state index in [0.29, 0.717) is 11.5 Å². The monoisotopic (exact) mass is 226 g/mol. The van der Waals surface area contributed by atoms with Crippen molar-refractivity contribution in [2.24, 2.45) is 11.1 Å². The molecule has 0 heterocycles. The van der Waals surface area contributed by atoms with E-state index in [-0.39, 0.29) is 5.54 Å². The zero-order valence-electron chi connectivity index (χ0n) is 11.8. The number of hydrogen-bond donors (Lipinski definition) is 1. The molecule has 1 atom stereocenters. The third kappa shape index (κ3) is 3.74. The lowest BCUT2D eigenvalue weighted by Crippen LogP contribution is -2.44. The Labute approximate surface area is 102 Å². The van der Waals surface area contributed by atoms with Gasteiger partial charge in [0.2, 0.25) is 0 Å². The van der Waals surface area contributed by atoms with Gasteiger partial charge >= 0.3 is 0 Å². The Bertz CT molecular complexity index is 211. The molecule has 1 fully saturated rings. The van der Waals surface area contributed by atoms with Gasteiger partial charge in [-0.1, -0.05) is 33.6 Å². The van der Waals surface area contributed by atoms with Crippen LogP contribution in [-0.4, -0.2) is 30.1 Å². The Kier molecular flexibility index (Phi) is 4.42. The molecule has 0 aromatic rings. The molecule has 2 N–H and O–H groups in total. The average Bonchev–Trinajstić information content (AvgIpc) is 2.60. The van der Waals surface area contributed by atoms with Gasteiger partial charge in [0.1, 0.15) is 0 Å². The van der Waals surface area contributed by atoms with Gasteiger partial charge in [-0.05, 0) is 45.2 Å². The van der Waals surface area contributed by atoms with Gasteiger partial charge in [0.25, 0.3) is 0 Å². The third-order valence-corrected chi connectivity index (χ3v) is 4.48. The van der Waals surface area contributed by atoms with Crippen molar-refractivity contribution in [3.63, 3.8) is 0 Å². The van der Waals surface area contributed by atoms with Crippen molar-refractivity contribution in [2.45, 2.75) is 71.4 Å². The smallest absolute Gasteiger partial charge is 0.0166 e. The summed E-state index contributed by atoms with van der Waals surface area (Å²) in [5.74, 6) is 0. The summed E-state index contributed by atoms with van der Waals surface area (Å²) in [6, 6.07) is 0.609. The van der Waals surface area contributed by atoms with Crippen LogP contribution in [0.2, 0.25) is 0 Å². The highest BCUT2D eigenvalue weighted by Crippen LogP contribution is 2.31. The van der Waals surface area contributed by atoms with Gasteiger partial charge in [0.05, 0.1) is 0 Å². The molecule has 16 heavy (non-hydrogen) atoms. The number of rotatable bonds is 4. The van der Waals surface area contributed by atoms with Crippen LogP contribution in [0.25, 0.3) is 0 Å². The molecule has 0 aromatic carbocycles. The summed E-state index contributed by atoms with van der Waals surface area (Å²) in [5.41, 5.74) is 6.89.